The van der Waals surface area contributed by atoms with Gasteiger partial charge in [-0.1, -0.05) is 0 Å². The number of halogens is 2. The molecule has 1 aliphatic rings. The van der Waals surface area contributed by atoms with Gasteiger partial charge in [0.15, 0.2) is 0 Å². The molecule has 0 aromatic rings. The predicted octanol–water partition coefficient (Wildman–Crippen LogP) is -1.92. The Morgan fingerprint density at radius 2 is 1.73 bits per heavy atom. The molecule has 1 atom stereocenters. The summed E-state index contributed by atoms with van der Waals surface area (Å²) < 4.78 is 5.24. The Kier molecular flexibility index (Phi) is 12.7. The molecule has 22 heavy (non-hydrogen) atoms. The Balaban J connectivity index is 0. The van der Waals surface area contributed by atoms with Gasteiger partial charge in [-0.3, -0.25) is 0 Å². The zero-order valence-electron chi connectivity index (χ0n) is 14.9. The maximum Gasteiger partial charge on any atom is -1.00 e. The van der Waals surface area contributed by atoms with Gasteiger partial charge < -0.3 is 24.8 Å². The van der Waals surface area contributed by atoms with Gasteiger partial charge in [0.1, 0.15) is 0 Å². The standard InChI is InChI=1S/C9H13.C5H11NO.C2H7Si.2ClH.Hf/c1-6-5-7(2)9(4)8(6)3;1-2-3-4-5(6)7;1-3-2;;;/h6H,1-4H3;2-4H2,1H3,(H2,6,7);3H,1-2H3;2*1H;/q;;;;;+3/p-3. The van der Waals surface area contributed by atoms with Gasteiger partial charge in [0.25, 0.3) is 0 Å². The number of hydrogen-bond acceptors (Lipinski definition) is 1. The molecular formula is C16H30Cl2HfNOSi. The Morgan fingerprint density at radius 1 is 1.18 bits per heavy atom. The summed E-state index contributed by atoms with van der Waals surface area (Å²) in [6, 6.07) is 0. The molecule has 1 unspecified atom stereocenters. The van der Waals surface area contributed by atoms with Crippen LogP contribution in [0, 0.1) is 5.92 Å². The van der Waals surface area contributed by atoms with Crippen LogP contribution in [0.4, 0.5) is 0 Å². The summed E-state index contributed by atoms with van der Waals surface area (Å²) in [5, 5.41) is 0. The molecule has 0 bridgehead atoms. The van der Waals surface area contributed by atoms with E-state index >= 15 is 0 Å². The fourth-order valence-electron chi connectivity index (χ4n) is 2.87. The van der Waals surface area contributed by atoms with Gasteiger partial charge in [0.2, 0.25) is 0 Å². The second-order valence-corrected chi connectivity index (χ2v) is 31.6. The van der Waals surface area contributed by atoms with E-state index in [1.54, 1.807) is 3.33 Å². The molecule has 0 heterocycles. The van der Waals surface area contributed by atoms with E-state index in [9.17, 15) is 4.79 Å². The van der Waals surface area contributed by atoms with Crippen molar-refractivity contribution in [3.05, 3.63) is 20.0 Å². The van der Waals surface area contributed by atoms with Crippen LogP contribution in [-0.2, 0) is 25.7 Å². The zero-order chi connectivity index (χ0) is 15.4. The van der Waals surface area contributed by atoms with Crippen molar-refractivity contribution in [3.8, 4) is 0 Å². The van der Waals surface area contributed by atoms with Crippen LogP contribution in [-0.4, -0.2) is 11.9 Å². The van der Waals surface area contributed by atoms with E-state index in [1.165, 1.54) is 16.7 Å². The van der Waals surface area contributed by atoms with Crippen molar-refractivity contribution >= 4 is 11.9 Å². The molecule has 0 aromatic heterocycles. The molecule has 2 nitrogen and oxygen atoms in total. The summed E-state index contributed by atoms with van der Waals surface area (Å²) in [7, 11) is 0. The number of carbonyl (C=O) groups excluding carboxylic acids is 1. The molecule has 127 valence electrons. The summed E-state index contributed by atoms with van der Waals surface area (Å²) in [4.78, 5) is 12.2. The van der Waals surface area contributed by atoms with Gasteiger partial charge in [-0.15, -0.1) is 0 Å². The third kappa shape index (κ3) is 5.92. The van der Waals surface area contributed by atoms with Crippen LogP contribution >= 0.6 is 0 Å². The second-order valence-electron chi connectivity index (χ2n) is 6.29. The first-order chi connectivity index (χ1) is 9.31. The van der Waals surface area contributed by atoms with Gasteiger partial charge in [0.05, 0.1) is 0 Å². The number of nitrogens with one attached hydrogen (secondary N) is 1. The minimum atomic E-state index is -2.12. The average molecular weight is 530 g/mol. The van der Waals surface area contributed by atoms with Crippen molar-refractivity contribution in [1.82, 2.24) is 3.30 Å². The van der Waals surface area contributed by atoms with Crippen molar-refractivity contribution in [2.24, 2.45) is 5.92 Å². The summed E-state index contributed by atoms with van der Waals surface area (Å²) in [6.07, 6.45) is 2.84. The van der Waals surface area contributed by atoms with Crippen LogP contribution in [0.1, 0.15) is 53.9 Å². The molecule has 0 saturated heterocycles. The van der Waals surface area contributed by atoms with Gasteiger partial charge in [-0.05, 0) is 0 Å². The normalized spacial score (nSPS) is 17.4. The van der Waals surface area contributed by atoms with Crippen LogP contribution in [0.3, 0.4) is 0 Å². The fraction of sp³-hybridized carbons (Fsp3) is 0.688. The van der Waals surface area contributed by atoms with E-state index in [1.807, 2.05) is 0 Å². The Morgan fingerprint density at radius 3 is 2.09 bits per heavy atom. The molecule has 1 amide bonds. The van der Waals surface area contributed by atoms with Crippen LogP contribution in [0.2, 0.25) is 13.1 Å². The van der Waals surface area contributed by atoms with E-state index in [4.69, 9.17) is 0 Å². The monoisotopic (exact) mass is 530 g/mol. The molecule has 1 rings (SSSR count). The summed E-state index contributed by atoms with van der Waals surface area (Å²) in [5.74, 6) is 0.142. The van der Waals surface area contributed by atoms with E-state index in [0.29, 0.717) is 11.8 Å². The first-order valence-corrected chi connectivity index (χ1v) is 20.6. The number of hydrogen-bond donors (Lipinski definition) is 1. The Bertz CT molecular complexity index is 449. The van der Waals surface area contributed by atoms with E-state index in [-0.39, 0.29) is 24.8 Å². The largest absolute Gasteiger partial charge is 1.00 e. The smallest absolute Gasteiger partial charge is 1.00 e. The quantitative estimate of drug-likeness (QED) is 0.400. The van der Waals surface area contributed by atoms with Crippen LogP contribution in [0.25, 0.3) is 0 Å². The average Bonchev–Trinajstić information content (AvgIpc) is 2.58. The molecular weight excluding hydrogens is 500 g/mol. The van der Waals surface area contributed by atoms with Crippen molar-refractivity contribution in [2.75, 3.05) is 0 Å². The maximum absolute atomic E-state index is 12.2. The maximum atomic E-state index is 12.2. The number of carbonyl (C=O) groups is 1. The number of unbranched alkanes of at least 4 members (excludes halogenated alkanes) is 1. The van der Waals surface area contributed by atoms with Crippen molar-refractivity contribution in [1.29, 1.82) is 0 Å². The predicted molar refractivity (Wildman–Crippen MR) is 86.8 cm³/mol. The summed E-state index contributed by atoms with van der Waals surface area (Å²) >= 11 is -2.12. The van der Waals surface area contributed by atoms with Gasteiger partial charge in [-0.25, -0.2) is 0 Å². The fourth-order valence-corrected chi connectivity index (χ4v) is 25.3. The molecule has 0 fully saturated rings. The summed E-state index contributed by atoms with van der Waals surface area (Å²) in [5.41, 5.74) is 4.51. The van der Waals surface area contributed by atoms with E-state index < -0.39 is 26.9 Å². The van der Waals surface area contributed by atoms with E-state index in [0.717, 1.165) is 19.3 Å². The number of rotatable bonds is 6. The molecule has 6 heteroatoms. The SMILES string of the molecule is CCCCC(=O)[NH][Hf+2]([C]1=C(C)C(C)=C(C)C1C)[SiH](C)C.[Cl-].[Cl-]. The molecule has 1 aliphatic carbocycles. The van der Waals surface area contributed by atoms with Gasteiger partial charge in [0, 0.05) is 0 Å². The minimum Gasteiger partial charge on any atom is -1.00 e. The van der Waals surface area contributed by atoms with Crippen LogP contribution < -0.4 is 28.1 Å². The zero-order valence-corrected chi connectivity index (χ0v) is 21.2. The molecule has 1 N–H and O–H groups in total. The van der Waals surface area contributed by atoms with Gasteiger partial charge >= 0.3 is 134 Å². The van der Waals surface area contributed by atoms with E-state index in [2.05, 4.69) is 51.0 Å². The number of allylic oxidation sites excluding steroid dienone is 4. The topological polar surface area (TPSA) is 29.1 Å². The van der Waals surface area contributed by atoms with Crippen molar-refractivity contribution < 1.29 is 50.5 Å². The van der Waals surface area contributed by atoms with Crippen LogP contribution in [0.5, 0.6) is 0 Å². The van der Waals surface area contributed by atoms with Gasteiger partial charge in [-0.2, -0.15) is 0 Å². The van der Waals surface area contributed by atoms with Crippen LogP contribution in [0.15, 0.2) is 20.0 Å². The molecule has 0 radical (unpaired) electrons. The van der Waals surface area contributed by atoms with Crippen molar-refractivity contribution in [2.45, 2.75) is 67.0 Å². The second kappa shape index (κ2) is 11.2. The Hall–Kier alpha value is 0.617. The number of amides is 1. The minimum absolute atomic E-state index is 0. The first kappa shape index (κ1) is 24.9. The third-order valence-corrected chi connectivity index (χ3v) is 28.8. The molecule has 0 spiro atoms. The first-order valence-electron chi connectivity index (χ1n) is 7.86. The van der Waals surface area contributed by atoms with Crippen molar-refractivity contribution in [3.63, 3.8) is 0 Å². The summed E-state index contributed by atoms with van der Waals surface area (Å²) in [6.45, 7) is 16.1. The molecule has 0 saturated carbocycles. The molecule has 0 aromatic carbocycles. The Labute approximate surface area is 157 Å². The molecule has 0 aliphatic heterocycles. The third-order valence-electron chi connectivity index (χ3n) is 4.54.